The molecule has 0 radical (unpaired) electrons. The topological polar surface area (TPSA) is 76.0 Å². The van der Waals surface area contributed by atoms with E-state index in [1.807, 2.05) is 24.7 Å². The van der Waals surface area contributed by atoms with Crippen LogP contribution in [0.4, 0.5) is 4.39 Å². The lowest BCUT2D eigenvalue weighted by molar-refractivity contribution is -0.00995. The van der Waals surface area contributed by atoms with Gasteiger partial charge in [0, 0.05) is 37.6 Å². The Labute approximate surface area is 168 Å². The second-order valence-electron chi connectivity index (χ2n) is 7.37. The van der Waals surface area contributed by atoms with Gasteiger partial charge in [0.15, 0.2) is 0 Å². The van der Waals surface area contributed by atoms with Crippen LogP contribution in [0.2, 0.25) is 0 Å². The molecular weight excluding hydrogens is 373 g/mol. The highest BCUT2D eigenvalue weighted by atomic mass is 19.1. The van der Waals surface area contributed by atoms with Gasteiger partial charge in [-0.05, 0) is 50.1 Å². The lowest BCUT2D eigenvalue weighted by Crippen LogP contribution is -2.43. The Hall–Kier alpha value is -3.00. The fraction of sp³-hybridized carbons (Fsp3) is 0.381. The number of aryl methyl sites for hydroxylation is 1. The highest BCUT2D eigenvalue weighted by Gasteiger charge is 2.26. The summed E-state index contributed by atoms with van der Waals surface area (Å²) < 4.78 is 21.1. The van der Waals surface area contributed by atoms with E-state index in [1.165, 1.54) is 12.1 Å². The summed E-state index contributed by atoms with van der Waals surface area (Å²) in [6, 6.07) is 7.74. The highest BCUT2D eigenvalue weighted by molar-refractivity contribution is 5.93. The molecule has 1 atom stereocenters. The normalized spacial score (nSPS) is 16.9. The number of nitrogens with zero attached hydrogens (tertiary/aromatic N) is 4. The molecule has 1 aromatic carbocycles. The van der Waals surface area contributed by atoms with Crippen molar-refractivity contribution in [1.82, 2.24) is 24.6 Å². The van der Waals surface area contributed by atoms with E-state index in [9.17, 15) is 9.18 Å². The van der Waals surface area contributed by atoms with E-state index in [0.717, 1.165) is 29.9 Å². The molecule has 2 aromatic heterocycles. The molecule has 4 rings (SSSR count). The number of imidazole rings is 1. The van der Waals surface area contributed by atoms with Crippen molar-refractivity contribution in [3.63, 3.8) is 0 Å². The number of halogens is 1. The summed E-state index contributed by atoms with van der Waals surface area (Å²) in [7, 11) is 1.97. The summed E-state index contributed by atoms with van der Waals surface area (Å²) in [4.78, 5) is 19.0. The smallest absolute Gasteiger partial charge is 0.271 e. The van der Waals surface area contributed by atoms with Crippen LogP contribution >= 0.6 is 0 Å². The summed E-state index contributed by atoms with van der Waals surface area (Å²) in [5.41, 5.74) is 2.88. The molecule has 3 aromatic rings. The quantitative estimate of drug-likeness (QED) is 0.718. The zero-order chi connectivity index (χ0) is 20.4. The molecule has 3 heterocycles. The van der Waals surface area contributed by atoms with Crippen molar-refractivity contribution in [2.24, 2.45) is 7.05 Å². The first kappa shape index (κ1) is 19.3. The number of likely N-dealkylation sites (tertiary alicyclic amines) is 1. The highest BCUT2D eigenvalue weighted by Crippen LogP contribution is 2.21. The van der Waals surface area contributed by atoms with E-state index < -0.39 is 0 Å². The number of amides is 1. The van der Waals surface area contributed by atoms with Gasteiger partial charge >= 0.3 is 0 Å². The van der Waals surface area contributed by atoms with E-state index in [2.05, 4.69) is 15.2 Å². The van der Waals surface area contributed by atoms with Crippen LogP contribution in [0.3, 0.4) is 0 Å². The fourth-order valence-corrected chi connectivity index (χ4v) is 3.50. The maximum absolute atomic E-state index is 13.1. The maximum Gasteiger partial charge on any atom is 0.271 e. The molecule has 0 aliphatic carbocycles. The SMILES string of the molecule is Cc1cnc(COC2CCCN(C(=O)c3cc(-c4ccc(F)cc4)n[nH]3)C2)n1C. The van der Waals surface area contributed by atoms with Crippen molar-refractivity contribution in [3.05, 3.63) is 59.6 Å². The first-order valence-corrected chi connectivity index (χ1v) is 9.70. The Morgan fingerprint density at radius 1 is 1.34 bits per heavy atom. The summed E-state index contributed by atoms with van der Waals surface area (Å²) in [6.07, 6.45) is 3.60. The van der Waals surface area contributed by atoms with E-state index in [4.69, 9.17) is 4.74 Å². The summed E-state index contributed by atoms with van der Waals surface area (Å²) >= 11 is 0. The lowest BCUT2D eigenvalue weighted by Gasteiger charge is -2.32. The Morgan fingerprint density at radius 3 is 2.86 bits per heavy atom. The van der Waals surface area contributed by atoms with Gasteiger partial charge in [-0.15, -0.1) is 0 Å². The first-order chi connectivity index (χ1) is 14.0. The molecule has 1 aliphatic heterocycles. The zero-order valence-electron chi connectivity index (χ0n) is 16.6. The molecule has 1 unspecified atom stereocenters. The molecule has 7 nitrogen and oxygen atoms in total. The fourth-order valence-electron chi connectivity index (χ4n) is 3.50. The number of rotatable bonds is 5. The molecule has 1 amide bonds. The number of nitrogens with one attached hydrogen (secondary N) is 1. The summed E-state index contributed by atoms with van der Waals surface area (Å²) in [6.45, 7) is 3.65. The van der Waals surface area contributed by atoms with Gasteiger partial charge in [0.25, 0.3) is 5.91 Å². The molecule has 1 N–H and O–H groups in total. The van der Waals surface area contributed by atoms with Gasteiger partial charge in [-0.2, -0.15) is 5.10 Å². The van der Waals surface area contributed by atoms with Gasteiger partial charge in [0.1, 0.15) is 23.9 Å². The van der Waals surface area contributed by atoms with Crippen LogP contribution in [-0.4, -0.2) is 49.7 Å². The average Bonchev–Trinajstić information content (AvgIpc) is 3.35. The van der Waals surface area contributed by atoms with Gasteiger partial charge in [0.05, 0.1) is 11.8 Å². The van der Waals surface area contributed by atoms with Gasteiger partial charge in [0.2, 0.25) is 0 Å². The number of carbonyl (C=O) groups excluding carboxylic acids is 1. The average molecular weight is 397 g/mol. The van der Waals surface area contributed by atoms with Crippen LogP contribution in [0, 0.1) is 12.7 Å². The molecule has 1 saturated heterocycles. The largest absolute Gasteiger partial charge is 0.368 e. The van der Waals surface area contributed by atoms with E-state index in [-0.39, 0.29) is 17.8 Å². The molecule has 152 valence electrons. The lowest BCUT2D eigenvalue weighted by atomic mass is 10.1. The minimum Gasteiger partial charge on any atom is -0.368 e. The monoisotopic (exact) mass is 397 g/mol. The van der Waals surface area contributed by atoms with E-state index >= 15 is 0 Å². The minimum atomic E-state index is -0.305. The number of ether oxygens (including phenoxy) is 1. The van der Waals surface area contributed by atoms with Gasteiger partial charge < -0.3 is 14.2 Å². The van der Waals surface area contributed by atoms with Crippen molar-refractivity contribution < 1.29 is 13.9 Å². The minimum absolute atomic E-state index is 0.0239. The van der Waals surface area contributed by atoms with Crippen molar-refractivity contribution >= 4 is 5.91 Å². The Bertz CT molecular complexity index is 995. The second-order valence-corrected chi connectivity index (χ2v) is 7.37. The van der Waals surface area contributed by atoms with Crippen molar-refractivity contribution in [2.75, 3.05) is 13.1 Å². The Balaban J connectivity index is 1.38. The van der Waals surface area contributed by atoms with E-state index in [1.54, 1.807) is 23.1 Å². The number of piperidine rings is 1. The molecular formula is C21H24FN5O2. The number of H-pyrrole nitrogens is 1. The zero-order valence-corrected chi connectivity index (χ0v) is 16.6. The summed E-state index contributed by atoms with van der Waals surface area (Å²) in [5.74, 6) is 0.469. The van der Waals surface area contributed by atoms with Gasteiger partial charge in [-0.3, -0.25) is 9.89 Å². The van der Waals surface area contributed by atoms with Crippen molar-refractivity contribution in [2.45, 2.75) is 32.5 Å². The number of benzene rings is 1. The van der Waals surface area contributed by atoms with Crippen LogP contribution in [0.25, 0.3) is 11.3 Å². The molecule has 29 heavy (non-hydrogen) atoms. The van der Waals surface area contributed by atoms with E-state index in [0.29, 0.717) is 31.1 Å². The molecule has 1 aliphatic rings. The third-order valence-corrected chi connectivity index (χ3v) is 5.38. The second kappa shape index (κ2) is 8.16. The maximum atomic E-state index is 13.1. The van der Waals surface area contributed by atoms with Gasteiger partial charge in [-0.25, -0.2) is 9.37 Å². The Morgan fingerprint density at radius 2 is 2.14 bits per heavy atom. The van der Waals surface area contributed by atoms with Crippen LogP contribution in [-0.2, 0) is 18.4 Å². The van der Waals surface area contributed by atoms with Crippen LogP contribution in [0.15, 0.2) is 36.5 Å². The Kier molecular flexibility index (Phi) is 5.44. The molecule has 0 spiro atoms. The number of hydrogen-bond acceptors (Lipinski definition) is 4. The van der Waals surface area contributed by atoms with Crippen molar-refractivity contribution in [3.8, 4) is 11.3 Å². The number of hydrogen-bond donors (Lipinski definition) is 1. The van der Waals surface area contributed by atoms with Crippen LogP contribution in [0.5, 0.6) is 0 Å². The molecule has 8 heteroatoms. The number of carbonyl (C=O) groups is 1. The number of aromatic nitrogens is 4. The van der Waals surface area contributed by atoms with Crippen LogP contribution in [0.1, 0.15) is 34.8 Å². The van der Waals surface area contributed by atoms with Crippen LogP contribution < -0.4 is 0 Å². The van der Waals surface area contributed by atoms with Crippen molar-refractivity contribution in [1.29, 1.82) is 0 Å². The predicted octanol–water partition coefficient (Wildman–Crippen LogP) is 3.08. The molecule has 1 fully saturated rings. The van der Waals surface area contributed by atoms with Gasteiger partial charge in [-0.1, -0.05) is 0 Å². The standard InChI is InChI=1S/C21H24FN5O2/c1-14-11-23-20(26(14)2)13-29-17-4-3-9-27(12-17)21(28)19-10-18(24-25-19)15-5-7-16(22)8-6-15/h5-8,10-11,17H,3-4,9,12-13H2,1-2H3,(H,24,25). The summed E-state index contributed by atoms with van der Waals surface area (Å²) in [5, 5.41) is 7.01. The molecule has 0 bridgehead atoms. The first-order valence-electron chi connectivity index (χ1n) is 9.70. The predicted molar refractivity (Wildman–Crippen MR) is 106 cm³/mol. The third-order valence-electron chi connectivity index (χ3n) is 5.38. The molecule has 0 saturated carbocycles. The third kappa shape index (κ3) is 4.22. The number of aromatic amines is 1.